The minimum Gasteiger partial charge on any atom is -0.367 e. The Morgan fingerprint density at radius 2 is 1.91 bits per heavy atom. The number of rotatable bonds is 3. The molecule has 1 aliphatic carbocycles. The molecule has 0 atom stereocenters. The zero-order valence-electron chi connectivity index (χ0n) is 12.7. The Morgan fingerprint density at radius 3 is 2.55 bits per heavy atom. The molecule has 2 aromatic rings. The Labute approximate surface area is 132 Å². The van der Waals surface area contributed by atoms with E-state index in [2.05, 4.69) is 15.3 Å². The maximum absolute atomic E-state index is 13.2. The summed E-state index contributed by atoms with van der Waals surface area (Å²) in [5, 5.41) is 6.19. The zero-order chi connectivity index (χ0) is 15.7. The van der Waals surface area contributed by atoms with Crippen LogP contribution in [0.3, 0.4) is 0 Å². The van der Waals surface area contributed by atoms with Crippen LogP contribution in [0.2, 0.25) is 0 Å². The van der Waals surface area contributed by atoms with Crippen LogP contribution in [0.4, 0.5) is 14.6 Å². The van der Waals surface area contributed by atoms with Gasteiger partial charge in [0.2, 0.25) is 5.92 Å². The summed E-state index contributed by atoms with van der Waals surface area (Å²) in [6.07, 6.45) is 0.868. The van der Waals surface area contributed by atoms with Gasteiger partial charge in [0.05, 0.1) is 0 Å². The summed E-state index contributed by atoms with van der Waals surface area (Å²) in [5.74, 6) is -1.75. The van der Waals surface area contributed by atoms with E-state index in [-0.39, 0.29) is 18.9 Å². The first-order valence-electron chi connectivity index (χ1n) is 7.47. The van der Waals surface area contributed by atoms with Crippen LogP contribution in [0, 0.1) is 13.8 Å². The largest absolute Gasteiger partial charge is 0.367 e. The van der Waals surface area contributed by atoms with Crippen molar-refractivity contribution >= 4 is 17.2 Å². The van der Waals surface area contributed by atoms with Crippen LogP contribution in [0.15, 0.2) is 17.5 Å². The predicted molar refractivity (Wildman–Crippen MR) is 85.6 cm³/mol. The average Bonchev–Trinajstić information content (AvgIpc) is 2.87. The van der Waals surface area contributed by atoms with Gasteiger partial charge in [0, 0.05) is 30.0 Å². The number of aryl methyl sites for hydroxylation is 2. The van der Waals surface area contributed by atoms with Crippen LogP contribution < -0.4 is 5.32 Å². The Kier molecular flexibility index (Phi) is 4.12. The molecule has 2 heterocycles. The topological polar surface area (TPSA) is 37.8 Å². The van der Waals surface area contributed by atoms with E-state index in [1.54, 1.807) is 11.3 Å². The van der Waals surface area contributed by atoms with Gasteiger partial charge in [0.25, 0.3) is 0 Å². The SMILES string of the molecule is Cc1cc(NC2CCC(F)(F)CC2)nc(-c2nc(C)cs2)c1. The fourth-order valence-corrected chi connectivity index (χ4v) is 3.47. The predicted octanol–water partition coefficient (Wildman–Crippen LogP) is 4.81. The number of nitrogens with one attached hydrogen (secondary N) is 1. The molecule has 2 aromatic heterocycles. The maximum Gasteiger partial charge on any atom is 0.248 e. The molecule has 1 aliphatic rings. The van der Waals surface area contributed by atoms with Gasteiger partial charge in [0.1, 0.15) is 16.5 Å². The van der Waals surface area contributed by atoms with E-state index in [4.69, 9.17) is 0 Å². The standard InChI is InChI=1S/C16H19F2N3S/c1-10-7-13(15-19-11(2)9-22-15)21-14(8-10)20-12-3-5-16(17,18)6-4-12/h7-9,12H,3-6H2,1-2H3,(H,20,21). The third kappa shape index (κ3) is 3.61. The summed E-state index contributed by atoms with van der Waals surface area (Å²) in [6, 6.07) is 4.02. The molecule has 3 rings (SSSR count). The molecule has 6 heteroatoms. The third-order valence-corrected chi connectivity index (χ3v) is 4.86. The molecule has 0 saturated heterocycles. The van der Waals surface area contributed by atoms with Gasteiger partial charge in [-0.2, -0.15) is 0 Å². The van der Waals surface area contributed by atoms with E-state index < -0.39 is 5.92 Å². The van der Waals surface area contributed by atoms with Crippen molar-refractivity contribution in [3.8, 4) is 10.7 Å². The normalized spacial score (nSPS) is 18.4. The molecule has 0 bridgehead atoms. The second-order valence-corrected chi connectivity index (χ2v) is 6.84. The fraction of sp³-hybridized carbons (Fsp3) is 0.500. The quantitative estimate of drug-likeness (QED) is 0.880. The van der Waals surface area contributed by atoms with Crippen molar-refractivity contribution in [2.75, 3.05) is 5.32 Å². The number of pyridine rings is 1. The molecule has 0 spiro atoms. The highest BCUT2D eigenvalue weighted by atomic mass is 32.1. The summed E-state index contributed by atoms with van der Waals surface area (Å²) >= 11 is 1.57. The van der Waals surface area contributed by atoms with Crippen LogP contribution >= 0.6 is 11.3 Å². The molecular formula is C16H19F2N3S. The van der Waals surface area contributed by atoms with E-state index in [0.717, 1.165) is 27.8 Å². The van der Waals surface area contributed by atoms with Crippen LogP contribution in [0.1, 0.15) is 36.9 Å². The van der Waals surface area contributed by atoms with E-state index in [1.165, 1.54) is 0 Å². The lowest BCUT2D eigenvalue weighted by Gasteiger charge is -2.29. The Balaban J connectivity index is 1.76. The Bertz CT molecular complexity index is 659. The van der Waals surface area contributed by atoms with Crippen molar-refractivity contribution in [1.29, 1.82) is 0 Å². The molecule has 3 nitrogen and oxygen atoms in total. The minimum atomic E-state index is -2.50. The molecule has 1 saturated carbocycles. The van der Waals surface area contributed by atoms with Crippen molar-refractivity contribution in [2.24, 2.45) is 0 Å². The Morgan fingerprint density at radius 1 is 1.18 bits per heavy atom. The molecule has 0 aromatic carbocycles. The van der Waals surface area contributed by atoms with Gasteiger partial charge in [-0.05, 0) is 44.4 Å². The van der Waals surface area contributed by atoms with Gasteiger partial charge >= 0.3 is 0 Å². The monoisotopic (exact) mass is 323 g/mol. The summed E-state index contributed by atoms with van der Waals surface area (Å²) in [5.41, 5.74) is 2.90. The van der Waals surface area contributed by atoms with E-state index in [9.17, 15) is 8.78 Å². The number of thiazole rings is 1. The number of hydrogen-bond donors (Lipinski definition) is 1. The highest BCUT2D eigenvalue weighted by Crippen LogP contribution is 2.34. The minimum absolute atomic E-state index is 0.0466. The lowest BCUT2D eigenvalue weighted by Crippen LogP contribution is -2.32. The highest BCUT2D eigenvalue weighted by Gasteiger charge is 2.34. The number of aromatic nitrogens is 2. The van der Waals surface area contributed by atoms with Gasteiger partial charge < -0.3 is 5.32 Å². The number of nitrogens with zero attached hydrogens (tertiary/aromatic N) is 2. The van der Waals surface area contributed by atoms with Crippen molar-refractivity contribution in [1.82, 2.24) is 9.97 Å². The van der Waals surface area contributed by atoms with Crippen LogP contribution in [0.5, 0.6) is 0 Å². The number of hydrogen-bond acceptors (Lipinski definition) is 4. The summed E-state index contributed by atoms with van der Waals surface area (Å²) in [7, 11) is 0. The lowest BCUT2D eigenvalue weighted by molar-refractivity contribution is -0.0361. The second kappa shape index (κ2) is 5.91. The molecule has 22 heavy (non-hydrogen) atoms. The van der Waals surface area contributed by atoms with Gasteiger partial charge in [-0.25, -0.2) is 18.7 Å². The first kappa shape index (κ1) is 15.3. The van der Waals surface area contributed by atoms with Crippen LogP contribution in [-0.4, -0.2) is 21.9 Å². The lowest BCUT2D eigenvalue weighted by atomic mass is 9.92. The van der Waals surface area contributed by atoms with E-state index >= 15 is 0 Å². The van der Waals surface area contributed by atoms with E-state index in [0.29, 0.717) is 12.8 Å². The molecular weight excluding hydrogens is 304 g/mol. The zero-order valence-corrected chi connectivity index (χ0v) is 13.5. The first-order chi connectivity index (χ1) is 10.4. The number of alkyl halides is 2. The molecule has 0 amide bonds. The van der Waals surface area contributed by atoms with Gasteiger partial charge in [-0.1, -0.05) is 0 Å². The number of halogens is 2. The summed E-state index contributed by atoms with van der Waals surface area (Å²) in [6.45, 7) is 3.96. The highest BCUT2D eigenvalue weighted by molar-refractivity contribution is 7.13. The summed E-state index contributed by atoms with van der Waals surface area (Å²) in [4.78, 5) is 9.05. The summed E-state index contributed by atoms with van der Waals surface area (Å²) < 4.78 is 26.4. The Hall–Kier alpha value is -1.56. The van der Waals surface area contributed by atoms with Gasteiger partial charge in [-0.15, -0.1) is 11.3 Å². The van der Waals surface area contributed by atoms with Crippen LogP contribution in [-0.2, 0) is 0 Å². The molecule has 0 radical (unpaired) electrons. The molecule has 118 valence electrons. The van der Waals surface area contributed by atoms with Crippen molar-refractivity contribution < 1.29 is 8.78 Å². The average molecular weight is 323 g/mol. The first-order valence-corrected chi connectivity index (χ1v) is 8.35. The van der Waals surface area contributed by atoms with Crippen molar-refractivity contribution in [3.63, 3.8) is 0 Å². The van der Waals surface area contributed by atoms with Crippen LogP contribution in [0.25, 0.3) is 10.7 Å². The molecule has 0 aliphatic heterocycles. The van der Waals surface area contributed by atoms with Crippen molar-refractivity contribution in [2.45, 2.75) is 51.5 Å². The molecule has 0 unspecified atom stereocenters. The van der Waals surface area contributed by atoms with Gasteiger partial charge in [0.15, 0.2) is 0 Å². The molecule has 1 N–H and O–H groups in total. The third-order valence-electron chi connectivity index (χ3n) is 3.88. The van der Waals surface area contributed by atoms with Gasteiger partial charge in [-0.3, -0.25) is 0 Å². The second-order valence-electron chi connectivity index (χ2n) is 5.98. The maximum atomic E-state index is 13.2. The van der Waals surface area contributed by atoms with E-state index in [1.807, 2.05) is 31.4 Å². The fourth-order valence-electron chi connectivity index (χ4n) is 2.72. The molecule has 1 fully saturated rings. The number of anilines is 1. The van der Waals surface area contributed by atoms with Crippen molar-refractivity contribution in [3.05, 3.63) is 28.8 Å². The smallest absolute Gasteiger partial charge is 0.248 e.